The summed E-state index contributed by atoms with van der Waals surface area (Å²) in [7, 11) is 1.60. The number of carbonyl (C=O) groups is 2. The first-order valence-corrected chi connectivity index (χ1v) is 8.43. The van der Waals surface area contributed by atoms with E-state index in [-0.39, 0.29) is 11.8 Å². The molecule has 2 rings (SSSR count). The SMILES string of the molecule is CCC(=O)NCCN1C(=O)/C(=C\c2cccc(OC)c2)SC1=S. The summed E-state index contributed by atoms with van der Waals surface area (Å²) in [6, 6.07) is 7.47. The van der Waals surface area contributed by atoms with Crippen LogP contribution in [0, 0.1) is 0 Å². The van der Waals surface area contributed by atoms with Crippen LogP contribution in [-0.2, 0) is 9.59 Å². The van der Waals surface area contributed by atoms with Crippen LogP contribution < -0.4 is 10.1 Å². The number of ether oxygens (including phenoxy) is 1. The van der Waals surface area contributed by atoms with Gasteiger partial charge in [0.15, 0.2) is 0 Å². The average Bonchev–Trinajstić information content (AvgIpc) is 2.82. The van der Waals surface area contributed by atoms with Crippen molar-refractivity contribution in [3.05, 3.63) is 34.7 Å². The Bertz CT molecular complexity index is 658. The molecule has 1 aromatic carbocycles. The van der Waals surface area contributed by atoms with Crippen LogP contribution in [0.4, 0.5) is 0 Å². The first-order valence-electron chi connectivity index (χ1n) is 7.21. The lowest BCUT2D eigenvalue weighted by atomic mass is 10.2. The number of amides is 2. The predicted octanol–water partition coefficient (Wildman–Crippen LogP) is 2.42. The monoisotopic (exact) mass is 350 g/mol. The Morgan fingerprint density at radius 1 is 1.48 bits per heavy atom. The molecule has 5 nitrogen and oxygen atoms in total. The van der Waals surface area contributed by atoms with Crippen molar-refractivity contribution in [2.24, 2.45) is 0 Å². The molecule has 0 unspecified atom stereocenters. The number of thioether (sulfide) groups is 1. The molecule has 0 aliphatic carbocycles. The van der Waals surface area contributed by atoms with Gasteiger partial charge in [-0.1, -0.05) is 43.0 Å². The first-order chi connectivity index (χ1) is 11.0. The van der Waals surface area contributed by atoms with E-state index < -0.39 is 0 Å². The lowest BCUT2D eigenvalue weighted by Crippen LogP contribution is -2.36. The summed E-state index contributed by atoms with van der Waals surface area (Å²) in [5.74, 6) is 0.562. The van der Waals surface area contributed by atoms with Crippen molar-refractivity contribution in [3.8, 4) is 5.75 Å². The molecule has 0 saturated carbocycles. The summed E-state index contributed by atoms with van der Waals surface area (Å²) in [5, 5.41) is 2.74. The molecular weight excluding hydrogens is 332 g/mol. The van der Waals surface area contributed by atoms with Gasteiger partial charge in [0.2, 0.25) is 5.91 Å². The van der Waals surface area contributed by atoms with E-state index in [1.165, 1.54) is 16.7 Å². The maximum atomic E-state index is 12.4. The second-order valence-electron chi connectivity index (χ2n) is 4.81. The van der Waals surface area contributed by atoms with E-state index in [4.69, 9.17) is 17.0 Å². The van der Waals surface area contributed by atoms with Gasteiger partial charge in [0.25, 0.3) is 5.91 Å². The topological polar surface area (TPSA) is 58.6 Å². The normalized spacial score (nSPS) is 16.1. The molecule has 1 fully saturated rings. The van der Waals surface area contributed by atoms with Crippen LogP contribution in [0.2, 0.25) is 0 Å². The summed E-state index contributed by atoms with van der Waals surface area (Å²) >= 11 is 6.53. The van der Waals surface area contributed by atoms with E-state index >= 15 is 0 Å². The number of nitrogens with zero attached hydrogens (tertiary/aromatic N) is 1. The zero-order valence-electron chi connectivity index (χ0n) is 13.0. The van der Waals surface area contributed by atoms with Crippen LogP contribution in [0.25, 0.3) is 6.08 Å². The van der Waals surface area contributed by atoms with Crippen molar-refractivity contribution in [2.45, 2.75) is 13.3 Å². The van der Waals surface area contributed by atoms with E-state index in [1.54, 1.807) is 20.1 Å². The van der Waals surface area contributed by atoms with Gasteiger partial charge in [-0.25, -0.2) is 0 Å². The fraction of sp³-hybridized carbons (Fsp3) is 0.312. The maximum absolute atomic E-state index is 12.4. The number of nitrogens with one attached hydrogen (secondary N) is 1. The molecule has 1 aliphatic rings. The Morgan fingerprint density at radius 3 is 2.96 bits per heavy atom. The van der Waals surface area contributed by atoms with Crippen molar-refractivity contribution >= 4 is 46.2 Å². The van der Waals surface area contributed by atoms with Gasteiger partial charge in [-0.15, -0.1) is 0 Å². The smallest absolute Gasteiger partial charge is 0.266 e. The van der Waals surface area contributed by atoms with Gasteiger partial charge in [0, 0.05) is 19.5 Å². The van der Waals surface area contributed by atoms with Gasteiger partial charge >= 0.3 is 0 Å². The van der Waals surface area contributed by atoms with E-state index in [2.05, 4.69) is 5.32 Å². The highest BCUT2D eigenvalue weighted by molar-refractivity contribution is 8.26. The minimum atomic E-state index is -0.131. The third kappa shape index (κ3) is 4.56. The Balaban J connectivity index is 2.05. The van der Waals surface area contributed by atoms with Crippen LogP contribution in [0.3, 0.4) is 0 Å². The van der Waals surface area contributed by atoms with Crippen LogP contribution in [0.1, 0.15) is 18.9 Å². The molecule has 7 heteroatoms. The van der Waals surface area contributed by atoms with E-state index in [0.717, 1.165) is 11.3 Å². The highest BCUT2D eigenvalue weighted by atomic mass is 32.2. The fourth-order valence-corrected chi connectivity index (χ4v) is 3.32. The van der Waals surface area contributed by atoms with Gasteiger partial charge in [0.1, 0.15) is 10.1 Å². The quantitative estimate of drug-likeness (QED) is 0.631. The summed E-state index contributed by atoms with van der Waals surface area (Å²) < 4.78 is 5.69. The largest absolute Gasteiger partial charge is 0.497 e. The van der Waals surface area contributed by atoms with Gasteiger partial charge in [0.05, 0.1) is 12.0 Å². The van der Waals surface area contributed by atoms with E-state index in [0.29, 0.717) is 28.7 Å². The summed E-state index contributed by atoms with van der Waals surface area (Å²) in [6.07, 6.45) is 2.22. The first kappa shape index (κ1) is 17.5. The zero-order chi connectivity index (χ0) is 16.8. The molecule has 1 aliphatic heterocycles. The fourth-order valence-electron chi connectivity index (χ4n) is 2.01. The van der Waals surface area contributed by atoms with Crippen LogP contribution in [-0.4, -0.2) is 41.2 Å². The highest BCUT2D eigenvalue weighted by Crippen LogP contribution is 2.32. The Hall–Kier alpha value is -1.86. The van der Waals surface area contributed by atoms with Crippen molar-refractivity contribution in [2.75, 3.05) is 20.2 Å². The minimum absolute atomic E-state index is 0.0395. The van der Waals surface area contributed by atoms with Crippen molar-refractivity contribution < 1.29 is 14.3 Å². The minimum Gasteiger partial charge on any atom is -0.497 e. The average molecular weight is 350 g/mol. The highest BCUT2D eigenvalue weighted by Gasteiger charge is 2.31. The van der Waals surface area contributed by atoms with Crippen LogP contribution in [0.5, 0.6) is 5.75 Å². The van der Waals surface area contributed by atoms with Crippen LogP contribution in [0.15, 0.2) is 29.2 Å². The second-order valence-corrected chi connectivity index (χ2v) is 6.49. The third-order valence-electron chi connectivity index (χ3n) is 3.24. The van der Waals surface area contributed by atoms with Crippen molar-refractivity contribution in [3.63, 3.8) is 0 Å². The van der Waals surface area contributed by atoms with Gasteiger partial charge in [-0.2, -0.15) is 0 Å². The van der Waals surface area contributed by atoms with Crippen LogP contribution >= 0.6 is 24.0 Å². The molecule has 1 aromatic rings. The van der Waals surface area contributed by atoms with E-state index in [9.17, 15) is 9.59 Å². The molecule has 23 heavy (non-hydrogen) atoms. The number of methoxy groups -OCH3 is 1. The van der Waals surface area contributed by atoms with Crippen molar-refractivity contribution in [1.82, 2.24) is 10.2 Å². The zero-order valence-corrected chi connectivity index (χ0v) is 14.6. The second kappa shape index (κ2) is 8.12. The Morgan fingerprint density at radius 2 is 2.26 bits per heavy atom. The molecule has 0 bridgehead atoms. The lowest BCUT2D eigenvalue weighted by Gasteiger charge is -2.14. The number of hydrogen-bond acceptors (Lipinski definition) is 5. The number of rotatable bonds is 6. The molecule has 1 N–H and O–H groups in total. The van der Waals surface area contributed by atoms with Gasteiger partial charge in [-0.05, 0) is 23.8 Å². The number of carbonyl (C=O) groups excluding carboxylic acids is 2. The summed E-state index contributed by atoms with van der Waals surface area (Å²) in [5.41, 5.74) is 0.879. The predicted molar refractivity (Wildman–Crippen MR) is 96.2 cm³/mol. The molecule has 0 spiro atoms. The standard InChI is InChI=1S/C16H18N2O3S2/c1-3-14(19)17-7-8-18-15(20)13(23-16(18)22)10-11-5-4-6-12(9-11)21-2/h4-6,9-10H,3,7-8H2,1-2H3,(H,17,19)/b13-10+. The molecule has 122 valence electrons. The molecule has 0 aromatic heterocycles. The van der Waals surface area contributed by atoms with E-state index in [1.807, 2.05) is 24.3 Å². The third-order valence-corrected chi connectivity index (χ3v) is 4.62. The molecule has 0 atom stereocenters. The number of hydrogen-bond donors (Lipinski definition) is 1. The van der Waals surface area contributed by atoms with Gasteiger partial charge < -0.3 is 10.1 Å². The maximum Gasteiger partial charge on any atom is 0.266 e. The Labute approximate surface area is 145 Å². The summed E-state index contributed by atoms with van der Waals surface area (Å²) in [6.45, 7) is 2.56. The van der Waals surface area contributed by atoms with Gasteiger partial charge in [-0.3, -0.25) is 14.5 Å². The molecule has 0 radical (unpaired) electrons. The molecule has 2 amide bonds. The molecular formula is C16H18N2O3S2. The Kier molecular flexibility index (Phi) is 6.18. The summed E-state index contributed by atoms with van der Waals surface area (Å²) in [4.78, 5) is 25.8. The lowest BCUT2D eigenvalue weighted by molar-refractivity contribution is -0.123. The number of thiocarbonyl (C=S) groups is 1. The molecule has 1 heterocycles. The van der Waals surface area contributed by atoms with Crippen molar-refractivity contribution in [1.29, 1.82) is 0 Å². The number of benzene rings is 1. The molecule has 1 saturated heterocycles.